The van der Waals surface area contributed by atoms with E-state index in [1.165, 1.54) is 16.2 Å². The van der Waals surface area contributed by atoms with Crippen LogP contribution in [-0.2, 0) is 5.72 Å². The van der Waals surface area contributed by atoms with Crippen LogP contribution >= 0.6 is 35.3 Å². The van der Waals surface area contributed by atoms with Gasteiger partial charge in [0.1, 0.15) is 0 Å². The number of carbonyl (C=O) groups is 2. The van der Waals surface area contributed by atoms with Gasteiger partial charge in [0.05, 0.1) is 22.1 Å². The van der Waals surface area contributed by atoms with Gasteiger partial charge in [0.15, 0.2) is 5.72 Å². The number of nitrogens with one attached hydrogen (secondary N) is 2. The molecule has 1 aliphatic rings. The number of anilines is 1. The molecule has 8 nitrogen and oxygen atoms in total. The Morgan fingerprint density at radius 2 is 2.03 bits per heavy atom. The van der Waals surface area contributed by atoms with Crippen LogP contribution in [0.2, 0.25) is 5.02 Å². The van der Waals surface area contributed by atoms with Crippen molar-refractivity contribution in [1.82, 2.24) is 14.9 Å². The van der Waals surface area contributed by atoms with E-state index in [4.69, 9.17) is 16.7 Å². The van der Waals surface area contributed by atoms with Crippen LogP contribution in [0.1, 0.15) is 39.3 Å². The number of hydrogen-bond acceptors (Lipinski definition) is 5. The van der Waals surface area contributed by atoms with E-state index in [0.29, 0.717) is 32.7 Å². The van der Waals surface area contributed by atoms with Gasteiger partial charge in [-0.15, -0.1) is 23.7 Å². The number of halogens is 2. The van der Waals surface area contributed by atoms with Gasteiger partial charge in [0.25, 0.3) is 5.91 Å². The fourth-order valence-electron chi connectivity index (χ4n) is 4.23. The Bertz CT molecular complexity index is 1390. The minimum atomic E-state index is -1.77. The summed E-state index contributed by atoms with van der Waals surface area (Å²) in [4.78, 5) is 33.7. The Morgan fingerprint density at radius 1 is 1.27 bits per heavy atom. The maximum absolute atomic E-state index is 13.5. The number of fused-ring (bicyclic) bond motifs is 2. The molecule has 2 unspecified atom stereocenters. The second kappa shape index (κ2) is 8.35. The van der Waals surface area contributed by atoms with E-state index in [-0.39, 0.29) is 24.3 Å². The van der Waals surface area contributed by atoms with E-state index in [2.05, 4.69) is 15.3 Å². The highest BCUT2D eigenvalue weighted by Gasteiger charge is 2.52. The van der Waals surface area contributed by atoms with E-state index >= 15 is 0 Å². The van der Waals surface area contributed by atoms with E-state index in [0.717, 1.165) is 4.88 Å². The smallest absolute Gasteiger partial charge is 0.411 e. The van der Waals surface area contributed by atoms with Gasteiger partial charge >= 0.3 is 6.09 Å². The largest absolute Gasteiger partial charge is 0.465 e. The van der Waals surface area contributed by atoms with Crippen LogP contribution in [0.3, 0.4) is 0 Å². The van der Waals surface area contributed by atoms with Crippen molar-refractivity contribution in [2.24, 2.45) is 0 Å². The molecule has 0 fully saturated rings. The average Bonchev–Trinajstić information content (AvgIpc) is 3.42. The van der Waals surface area contributed by atoms with Gasteiger partial charge in [0, 0.05) is 21.6 Å². The summed E-state index contributed by atoms with van der Waals surface area (Å²) in [6, 6.07) is 13.2. The molecule has 33 heavy (non-hydrogen) atoms. The van der Waals surface area contributed by atoms with Crippen molar-refractivity contribution in [1.29, 1.82) is 0 Å². The number of rotatable bonds is 4. The number of carbonyl (C=O) groups excluding carboxylic acids is 1. The molecule has 0 saturated heterocycles. The molecule has 4 N–H and O–H groups in total. The van der Waals surface area contributed by atoms with Crippen LogP contribution in [0.5, 0.6) is 0 Å². The SMILES string of the molecule is CC(c1sccc1Cl)N1C(=O)c2ccccc2C1(O)c1ccc2[nH]c(NC(=O)O)nc2c1.Cl. The van der Waals surface area contributed by atoms with Crippen molar-refractivity contribution in [3.63, 3.8) is 0 Å². The number of aromatic nitrogens is 2. The quantitative estimate of drug-likeness (QED) is 0.304. The molecule has 0 aliphatic carbocycles. The maximum Gasteiger partial charge on any atom is 0.411 e. The van der Waals surface area contributed by atoms with Crippen LogP contribution in [0.15, 0.2) is 53.9 Å². The first-order chi connectivity index (χ1) is 15.3. The highest BCUT2D eigenvalue weighted by molar-refractivity contribution is 7.10. The number of benzene rings is 2. The summed E-state index contributed by atoms with van der Waals surface area (Å²) in [6.07, 6.45) is -1.24. The molecule has 2 aromatic heterocycles. The highest BCUT2D eigenvalue weighted by atomic mass is 35.5. The molecule has 3 heterocycles. The first-order valence-electron chi connectivity index (χ1n) is 9.69. The van der Waals surface area contributed by atoms with Gasteiger partial charge in [0.2, 0.25) is 5.95 Å². The first-order valence-corrected chi connectivity index (χ1v) is 10.9. The van der Waals surface area contributed by atoms with E-state index in [9.17, 15) is 14.7 Å². The number of imidazole rings is 1. The van der Waals surface area contributed by atoms with Crippen LogP contribution in [-0.4, -0.2) is 37.1 Å². The summed E-state index contributed by atoms with van der Waals surface area (Å²) in [5, 5.41) is 25.6. The number of H-pyrrole nitrogens is 1. The Kier molecular flexibility index (Phi) is 5.83. The van der Waals surface area contributed by atoms with E-state index < -0.39 is 17.9 Å². The summed E-state index contributed by atoms with van der Waals surface area (Å²) in [5.41, 5.74) is 0.552. The van der Waals surface area contributed by atoms with Gasteiger partial charge in [-0.25, -0.2) is 9.78 Å². The Balaban J connectivity index is 0.00000259. The Labute approximate surface area is 203 Å². The summed E-state index contributed by atoms with van der Waals surface area (Å²) >= 11 is 7.77. The fraction of sp³-hybridized carbons (Fsp3) is 0.136. The van der Waals surface area contributed by atoms with Gasteiger partial charge < -0.3 is 15.2 Å². The summed E-state index contributed by atoms with van der Waals surface area (Å²) in [7, 11) is 0. The minimum Gasteiger partial charge on any atom is -0.465 e. The maximum atomic E-state index is 13.5. The molecule has 0 bridgehead atoms. The lowest BCUT2D eigenvalue weighted by molar-refractivity contribution is -0.0670. The minimum absolute atomic E-state index is 0. The van der Waals surface area contributed by atoms with Gasteiger partial charge in [-0.05, 0) is 36.6 Å². The van der Waals surface area contributed by atoms with Crippen LogP contribution in [0, 0.1) is 0 Å². The third kappa shape index (κ3) is 3.53. The molecule has 5 rings (SSSR count). The Morgan fingerprint density at radius 3 is 2.73 bits per heavy atom. The van der Waals surface area contributed by atoms with Crippen LogP contribution in [0.4, 0.5) is 10.7 Å². The molecule has 4 aromatic rings. The van der Waals surface area contributed by atoms with Crippen molar-refractivity contribution in [3.05, 3.63) is 80.5 Å². The number of thiophene rings is 1. The summed E-state index contributed by atoms with van der Waals surface area (Å²) in [5.74, 6) is -0.245. The van der Waals surface area contributed by atoms with Crippen molar-refractivity contribution in [2.45, 2.75) is 18.7 Å². The lowest BCUT2D eigenvalue weighted by atomic mass is 9.92. The molecule has 2 amide bonds. The summed E-state index contributed by atoms with van der Waals surface area (Å²) in [6.45, 7) is 1.83. The molecule has 0 saturated carbocycles. The standard InChI is InChI=1S/C22H17ClN4O4S.ClH/c1-11(18-15(23)8-9-32-18)27-19(28)13-4-2-3-5-14(13)22(27,31)12-6-7-16-17(10-12)25-20(24-16)26-21(29)30;/h2-11,31H,1H3,(H,29,30)(H2,24,25,26);1H. The predicted octanol–water partition coefficient (Wildman–Crippen LogP) is 5.20. The normalized spacial score (nSPS) is 18.2. The first kappa shape index (κ1) is 23.1. The number of nitrogens with zero attached hydrogens (tertiary/aromatic N) is 2. The van der Waals surface area contributed by atoms with Gasteiger partial charge in [-0.2, -0.15) is 0 Å². The van der Waals surface area contributed by atoms with Crippen molar-refractivity contribution in [3.8, 4) is 0 Å². The third-order valence-electron chi connectivity index (χ3n) is 5.62. The van der Waals surface area contributed by atoms with Gasteiger partial charge in [-0.3, -0.25) is 15.0 Å². The van der Waals surface area contributed by atoms with Crippen molar-refractivity contribution < 1.29 is 19.8 Å². The molecular formula is C22H18Cl2N4O4S. The second-order valence-corrected chi connectivity index (χ2v) is 8.80. The Hall–Kier alpha value is -3.11. The second-order valence-electron chi connectivity index (χ2n) is 7.45. The lowest BCUT2D eigenvalue weighted by Gasteiger charge is -2.38. The third-order valence-corrected chi connectivity index (χ3v) is 7.15. The molecule has 0 radical (unpaired) electrons. The molecular weight excluding hydrogens is 487 g/mol. The number of amides is 2. The predicted molar refractivity (Wildman–Crippen MR) is 128 cm³/mol. The van der Waals surface area contributed by atoms with Gasteiger partial charge in [-0.1, -0.05) is 35.9 Å². The fourth-order valence-corrected chi connectivity index (χ4v) is 5.50. The van der Waals surface area contributed by atoms with Crippen LogP contribution < -0.4 is 5.32 Å². The lowest BCUT2D eigenvalue weighted by Crippen LogP contribution is -2.46. The molecule has 2 atom stereocenters. The summed E-state index contributed by atoms with van der Waals surface area (Å²) < 4.78 is 0. The van der Waals surface area contributed by atoms with E-state index in [1.54, 1.807) is 48.5 Å². The average molecular weight is 505 g/mol. The highest BCUT2D eigenvalue weighted by Crippen LogP contribution is 2.48. The number of aromatic amines is 1. The zero-order valence-corrected chi connectivity index (χ0v) is 19.5. The van der Waals surface area contributed by atoms with Crippen molar-refractivity contribution >= 4 is 64.3 Å². The topological polar surface area (TPSA) is 119 Å². The molecule has 0 spiro atoms. The van der Waals surface area contributed by atoms with Crippen LogP contribution in [0.25, 0.3) is 11.0 Å². The monoisotopic (exact) mass is 504 g/mol. The number of hydrogen-bond donors (Lipinski definition) is 4. The zero-order chi connectivity index (χ0) is 22.6. The number of carboxylic acid groups (broad SMARTS) is 1. The van der Waals surface area contributed by atoms with Crippen molar-refractivity contribution in [2.75, 3.05) is 5.32 Å². The molecule has 2 aromatic carbocycles. The number of aliphatic hydroxyl groups is 1. The molecule has 11 heteroatoms. The zero-order valence-electron chi connectivity index (χ0n) is 17.1. The van der Waals surface area contributed by atoms with E-state index in [1.807, 2.05) is 12.3 Å². The molecule has 1 aliphatic heterocycles. The molecule has 170 valence electrons.